The van der Waals surface area contributed by atoms with Crippen LogP contribution in [0.15, 0.2) is 24.4 Å². The zero-order valence-corrected chi connectivity index (χ0v) is 18.1. The molecule has 170 valence electrons. The standard InChI is InChI=1S/C23H23N5O5/c1-12-10-24-23(27-21(12)33-15-3-2-4-15)26-19(30)13-5-6-16-14(9-13)11-28(22(16)32)17-7-8-18(29)25-20(17)31/h5-6,9-10,15,17H,2-4,7-8,11H2,1H3,(H,25,29,31)(H,24,26,27,30). The molecule has 2 aromatic rings. The minimum atomic E-state index is -0.699. The summed E-state index contributed by atoms with van der Waals surface area (Å²) in [6.45, 7) is 2.05. The van der Waals surface area contributed by atoms with Crippen molar-refractivity contribution in [3.8, 4) is 5.88 Å². The van der Waals surface area contributed by atoms with Crippen LogP contribution in [0.25, 0.3) is 0 Å². The van der Waals surface area contributed by atoms with Crippen molar-refractivity contribution in [2.75, 3.05) is 5.32 Å². The predicted molar refractivity (Wildman–Crippen MR) is 115 cm³/mol. The molecule has 3 aliphatic rings. The fourth-order valence-corrected chi connectivity index (χ4v) is 4.14. The van der Waals surface area contributed by atoms with Crippen molar-refractivity contribution < 1.29 is 23.9 Å². The number of nitrogens with zero attached hydrogens (tertiary/aromatic N) is 3. The first-order chi connectivity index (χ1) is 15.9. The van der Waals surface area contributed by atoms with Crippen LogP contribution in [0, 0.1) is 6.92 Å². The van der Waals surface area contributed by atoms with Gasteiger partial charge < -0.3 is 9.64 Å². The highest BCUT2D eigenvalue weighted by atomic mass is 16.5. The Kier molecular flexibility index (Phi) is 5.27. The highest BCUT2D eigenvalue weighted by molar-refractivity contribution is 6.07. The van der Waals surface area contributed by atoms with Crippen molar-refractivity contribution in [3.05, 3.63) is 46.6 Å². The van der Waals surface area contributed by atoms with Crippen LogP contribution >= 0.6 is 0 Å². The Bertz CT molecular complexity index is 1180. The van der Waals surface area contributed by atoms with Crippen LogP contribution in [0.5, 0.6) is 5.88 Å². The third-order valence-electron chi connectivity index (χ3n) is 6.27. The number of nitrogens with one attached hydrogen (secondary N) is 2. The maximum Gasteiger partial charge on any atom is 0.258 e. The van der Waals surface area contributed by atoms with E-state index in [4.69, 9.17) is 4.74 Å². The molecule has 33 heavy (non-hydrogen) atoms. The van der Waals surface area contributed by atoms with Crippen molar-refractivity contribution in [1.82, 2.24) is 20.2 Å². The molecular formula is C23H23N5O5. The highest BCUT2D eigenvalue weighted by Gasteiger charge is 2.39. The van der Waals surface area contributed by atoms with Gasteiger partial charge in [0.1, 0.15) is 12.1 Å². The molecule has 1 saturated heterocycles. The van der Waals surface area contributed by atoms with E-state index in [0.717, 1.165) is 24.8 Å². The Morgan fingerprint density at radius 1 is 1.21 bits per heavy atom. The Labute approximate surface area is 189 Å². The van der Waals surface area contributed by atoms with E-state index in [1.165, 1.54) is 4.90 Å². The normalized spacial score (nSPS) is 20.2. The average molecular weight is 449 g/mol. The number of piperidine rings is 1. The first-order valence-electron chi connectivity index (χ1n) is 11.0. The van der Waals surface area contributed by atoms with E-state index < -0.39 is 17.9 Å². The summed E-state index contributed by atoms with van der Waals surface area (Å²) in [7, 11) is 0. The first kappa shape index (κ1) is 21.0. The summed E-state index contributed by atoms with van der Waals surface area (Å²) in [5.74, 6) is -0.902. The molecule has 1 aromatic carbocycles. The summed E-state index contributed by atoms with van der Waals surface area (Å²) in [6, 6.07) is 4.07. The molecule has 2 aliphatic heterocycles. The molecule has 10 heteroatoms. The van der Waals surface area contributed by atoms with Gasteiger partial charge in [0, 0.05) is 35.9 Å². The molecule has 1 saturated carbocycles. The number of hydrogen-bond donors (Lipinski definition) is 2. The number of benzene rings is 1. The summed E-state index contributed by atoms with van der Waals surface area (Å²) in [5, 5.41) is 4.96. The van der Waals surface area contributed by atoms with Crippen LogP contribution in [0.1, 0.15) is 63.9 Å². The fourth-order valence-electron chi connectivity index (χ4n) is 4.14. The number of fused-ring (bicyclic) bond motifs is 1. The molecule has 1 unspecified atom stereocenters. The van der Waals surface area contributed by atoms with E-state index >= 15 is 0 Å². The number of amides is 4. The second-order valence-electron chi connectivity index (χ2n) is 8.58. The quantitative estimate of drug-likeness (QED) is 0.665. The van der Waals surface area contributed by atoms with Gasteiger partial charge in [-0.3, -0.25) is 29.8 Å². The summed E-state index contributed by atoms with van der Waals surface area (Å²) in [5.41, 5.74) is 2.23. The van der Waals surface area contributed by atoms with Gasteiger partial charge >= 0.3 is 0 Å². The van der Waals surface area contributed by atoms with E-state index in [-0.39, 0.29) is 43.3 Å². The average Bonchev–Trinajstić information content (AvgIpc) is 3.08. The molecule has 2 fully saturated rings. The maximum atomic E-state index is 12.8. The van der Waals surface area contributed by atoms with Crippen LogP contribution in [0.2, 0.25) is 0 Å². The van der Waals surface area contributed by atoms with Crippen LogP contribution < -0.4 is 15.4 Å². The van der Waals surface area contributed by atoms with Gasteiger partial charge in [-0.2, -0.15) is 4.98 Å². The van der Waals surface area contributed by atoms with Crippen molar-refractivity contribution in [1.29, 1.82) is 0 Å². The third-order valence-corrected chi connectivity index (χ3v) is 6.27. The van der Waals surface area contributed by atoms with E-state index in [9.17, 15) is 19.2 Å². The van der Waals surface area contributed by atoms with Crippen molar-refractivity contribution in [2.45, 2.75) is 57.7 Å². The minimum absolute atomic E-state index is 0.140. The van der Waals surface area contributed by atoms with E-state index in [2.05, 4.69) is 20.6 Å². The first-order valence-corrected chi connectivity index (χ1v) is 11.0. The smallest absolute Gasteiger partial charge is 0.258 e. The number of aromatic nitrogens is 2. The van der Waals surface area contributed by atoms with Gasteiger partial charge in [0.15, 0.2) is 0 Å². The van der Waals surface area contributed by atoms with Gasteiger partial charge in [-0.1, -0.05) is 0 Å². The molecule has 10 nitrogen and oxygen atoms in total. The minimum Gasteiger partial charge on any atom is -0.474 e. The Morgan fingerprint density at radius 3 is 2.76 bits per heavy atom. The number of carbonyl (C=O) groups excluding carboxylic acids is 4. The lowest BCUT2D eigenvalue weighted by Gasteiger charge is -2.29. The fraction of sp³-hybridized carbons (Fsp3) is 0.391. The Hall–Kier alpha value is -3.82. The van der Waals surface area contributed by atoms with Gasteiger partial charge in [0.2, 0.25) is 23.6 Å². The molecule has 0 bridgehead atoms. The zero-order valence-electron chi connectivity index (χ0n) is 18.1. The molecule has 0 spiro atoms. The number of aryl methyl sites for hydroxylation is 1. The van der Waals surface area contributed by atoms with Gasteiger partial charge in [-0.25, -0.2) is 4.98 Å². The van der Waals surface area contributed by atoms with Gasteiger partial charge in [-0.05, 0) is 56.4 Å². The summed E-state index contributed by atoms with van der Waals surface area (Å²) < 4.78 is 5.87. The summed E-state index contributed by atoms with van der Waals surface area (Å²) in [4.78, 5) is 59.2. The second kappa shape index (κ2) is 8.27. The number of rotatable bonds is 5. The third kappa shape index (κ3) is 4.04. The monoisotopic (exact) mass is 449 g/mol. The molecule has 5 rings (SSSR count). The van der Waals surface area contributed by atoms with Crippen molar-refractivity contribution in [3.63, 3.8) is 0 Å². The maximum absolute atomic E-state index is 12.8. The Morgan fingerprint density at radius 2 is 2.03 bits per heavy atom. The van der Waals surface area contributed by atoms with Crippen molar-refractivity contribution in [2.24, 2.45) is 0 Å². The number of carbonyl (C=O) groups is 4. The van der Waals surface area contributed by atoms with Crippen LogP contribution in [0.4, 0.5) is 5.95 Å². The number of imide groups is 1. The van der Waals surface area contributed by atoms with E-state index in [1.807, 2.05) is 6.92 Å². The summed E-state index contributed by atoms with van der Waals surface area (Å²) in [6.07, 6.45) is 5.37. The lowest BCUT2D eigenvalue weighted by Crippen LogP contribution is -2.52. The van der Waals surface area contributed by atoms with Gasteiger partial charge in [0.05, 0.1) is 0 Å². The molecule has 3 heterocycles. The number of hydrogen-bond acceptors (Lipinski definition) is 7. The SMILES string of the molecule is Cc1cnc(NC(=O)c2ccc3c(c2)CN(C2CCC(=O)NC2=O)C3=O)nc1OC1CCC1. The lowest BCUT2D eigenvalue weighted by atomic mass is 9.96. The number of anilines is 1. The molecule has 2 N–H and O–H groups in total. The molecule has 1 aliphatic carbocycles. The van der Waals surface area contributed by atoms with E-state index in [0.29, 0.717) is 22.6 Å². The van der Waals surface area contributed by atoms with E-state index in [1.54, 1.807) is 24.4 Å². The lowest BCUT2D eigenvalue weighted by molar-refractivity contribution is -0.136. The number of ether oxygens (including phenoxy) is 1. The molecular weight excluding hydrogens is 426 g/mol. The molecule has 0 radical (unpaired) electrons. The molecule has 1 atom stereocenters. The topological polar surface area (TPSA) is 131 Å². The largest absolute Gasteiger partial charge is 0.474 e. The zero-order chi connectivity index (χ0) is 23.1. The van der Waals surface area contributed by atoms with Crippen molar-refractivity contribution >= 4 is 29.6 Å². The predicted octanol–water partition coefficient (Wildman–Crippen LogP) is 1.73. The van der Waals surface area contributed by atoms with Crippen LogP contribution in [-0.4, -0.2) is 50.6 Å². The Balaban J connectivity index is 1.30. The highest BCUT2D eigenvalue weighted by Crippen LogP contribution is 2.29. The van der Waals surface area contributed by atoms with Gasteiger partial charge in [0.25, 0.3) is 11.8 Å². The molecule has 4 amide bonds. The van der Waals surface area contributed by atoms with Crippen LogP contribution in [-0.2, 0) is 16.1 Å². The van der Waals surface area contributed by atoms with Gasteiger partial charge in [-0.15, -0.1) is 0 Å². The summed E-state index contributed by atoms with van der Waals surface area (Å²) >= 11 is 0. The second-order valence-corrected chi connectivity index (χ2v) is 8.58. The molecule has 1 aromatic heterocycles. The van der Waals surface area contributed by atoms with Crippen LogP contribution in [0.3, 0.4) is 0 Å².